The Morgan fingerprint density at radius 1 is 1.06 bits per heavy atom. The number of piperazine rings is 1. The summed E-state index contributed by atoms with van der Waals surface area (Å²) in [5.74, 6) is 0.568. The van der Waals surface area contributed by atoms with Crippen LogP contribution in [0.4, 0.5) is 4.39 Å². The molecule has 1 aliphatic rings. The summed E-state index contributed by atoms with van der Waals surface area (Å²) in [5, 5.41) is 6.10. The molecule has 2 heterocycles. The fraction of sp³-hybridized carbons (Fsp3) is 0.409. The molecule has 0 unspecified atom stereocenters. The van der Waals surface area contributed by atoms with E-state index >= 15 is 0 Å². The summed E-state index contributed by atoms with van der Waals surface area (Å²) in [6, 6.07) is 9.27. The van der Waals surface area contributed by atoms with E-state index in [1.807, 2.05) is 6.92 Å². The van der Waals surface area contributed by atoms with Crippen molar-refractivity contribution in [2.45, 2.75) is 13.3 Å². The van der Waals surface area contributed by atoms with Crippen molar-refractivity contribution in [3.05, 3.63) is 59.8 Å². The first-order valence-electron chi connectivity index (χ1n) is 10.4. The molecule has 0 saturated carbocycles. The van der Waals surface area contributed by atoms with Crippen LogP contribution in [0.3, 0.4) is 0 Å². The van der Waals surface area contributed by atoms with Crippen LogP contribution in [0.1, 0.15) is 23.0 Å². The highest BCUT2D eigenvalue weighted by atomic mass is 127. The van der Waals surface area contributed by atoms with E-state index in [2.05, 4.69) is 20.5 Å². The summed E-state index contributed by atoms with van der Waals surface area (Å²) < 4.78 is 18.1. The number of nitrogens with zero attached hydrogens (tertiary/aromatic N) is 3. The summed E-state index contributed by atoms with van der Waals surface area (Å²) in [5.41, 5.74) is 0.762. The highest BCUT2D eigenvalue weighted by molar-refractivity contribution is 14.0. The summed E-state index contributed by atoms with van der Waals surface area (Å²) in [4.78, 5) is 32.9. The lowest BCUT2D eigenvalue weighted by Crippen LogP contribution is -2.53. The molecule has 1 fully saturated rings. The Morgan fingerprint density at radius 3 is 2.38 bits per heavy atom. The SMILES string of the molecule is CCNC(=NCCNC(=O)Cc1ccc(F)cc1)N1CCN(C(=O)c2ccco2)CC1.I. The smallest absolute Gasteiger partial charge is 0.289 e. The first-order valence-corrected chi connectivity index (χ1v) is 10.4. The van der Waals surface area contributed by atoms with E-state index in [1.54, 1.807) is 29.2 Å². The zero-order valence-electron chi connectivity index (χ0n) is 18.1. The largest absolute Gasteiger partial charge is 0.459 e. The zero-order chi connectivity index (χ0) is 22.1. The number of aliphatic imine (C=N–C) groups is 1. The quantitative estimate of drug-likeness (QED) is 0.236. The number of benzene rings is 1. The first-order chi connectivity index (χ1) is 15.1. The van der Waals surface area contributed by atoms with Gasteiger partial charge in [-0.1, -0.05) is 12.1 Å². The highest BCUT2D eigenvalue weighted by Gasteiger charge is 2.25. The number of nitrogens with one attached hydrogen (secondary N) is 2. The molecule has 1 saturated heterocycles. The van der Waals surface area contributed by atoms with Crippen LogP contribution >= 0.6 is 24.0 Å². The summed E-state index contributed by atoms with van der Waals surface area (Å²) in [7, 11) is 0. The van der Waals surface area contributed by atoms with Crippen molar-refractivity contribution in [1.82, 2.24) is 20.4 Å². The van der Waals surface area contributed by atoms with Gasteiger partial charge < -0.3 is 24.9 Å². The maximum absolute atomic E-state index is 12.9. The Labute approximate surface area is 204 Å². The van der Waals surface area contributed by atoms with E-state index in [0.29, 0.717) is 45.0 Å². The number of carbonyl (C=O) groups is 2. The molecule has 1 aliphatic heterocycles. The first kappa shape index (κ1) is 25.6. The third-order valence-corrected chi connectivity index (χ3v) is 4.91. The number of halogens is 2. The van der Waals surface area contributed by atoms with E-state index < -0.39 is 0 Å². The van der Waals surface area contributed by atoms with Crippen LogP contribution in [0.5, 0.6) is 0 Å². The monoisotopic (exact) mass is 557 g/mol. The topological polar surface area (TPSA) is 90.2 Å². The number of carbonyl (C=O) groups excluding carboxylic acids is 2. The van der Waals surface area contributed by atoms with E-state index in [1.165, 1.54) is 18.4 Å². The number of hydrogen-bond donors (Lipinski definition) is 2. The molecule has 32 heavy (non-hydrogen) atoms. The van der Waals surface area contributed by atoms with Gasteiger partial charge in [0.15, 0.2) is 11.7 Å². The molecule has 174 valence electrons. The van der Waals surface area contributed by atoms with Gasteiger partial charge in [-0.25, -0.2) is 4.39 Å². The van der Waals surface area contributed by atoms with Crippen molar-refractivity contribution in [3.63, 3.8) is 0 Å². The molecule has 0 radical (unpaired) electrons. The summed E-state index contributed by atoms with van der Waals surface area (Å²) in [6.07, 6.45) is 1.70. The molecular formula is C22H29FIN5O3. The van der Waals surface area contributed by atoms with Crippen LogP contribution < -0.4 is 10.6 Å². The predicted octanol–water partition coefficient (Wildman–Crippen LogP) is 2.12. The molecule has 1 aromatic heterocycles. The van der Waals surface area contributed by atoms with E-state index in [9.17, 15) is 14.0 Å². The van der Waals surface area contributed by atoms with Gasteiger partial charge in [0.05, 0.1) is 19.2 Å². The molecule has 0 aliphatic carbocycles. The summed E-state index contributed by atoms with van der Waals surface area (Å²) >= 11 is 0. The Kier molecular flexibility index (Phi) is 10.4. The number of furan rings is 1. The van der Waals surface area contributed by atoms with E-state index in [4.69, 9.17) is 4.42 Å². The summed E-state index contributed by atoms with van der Waals surface area (Å²) in [6.45, 7) is 6.05. The van der Waals surface area contributed by atoms with Crippen molar-refractivity contribution in [2.24, 2.45) is 4.99 Å². The Balaban J connectivity index is 0.00000363. The highest BCUT2D eigenvalue weighted by Crippen LogP contribution is 2.09. The van der Waals surface area contributed by atoms with Crippen LogP contribution in [-0.4, -0.2) is 73.4 Å². The van der Waals surface area contributed by atoms with Gasteiger partial charge in [-0.15, -0.1) is 24.0 Å². The minimum absolute atomic E-state index is 0. The van der Waals surface area contributed by atoms with Crippen molar-refractivity contribution in [1.29, 1.82) is 0 Å². The molecule has 2 N–H and O–H groups in total. The van der Waals surface area contributed by atoms with Crippen LogP contribution in [0.25, 0.3) is 0 Å². The maximum atomic E-state index is 12.9. The molecule has 2 amide bonds. The molecule has 8 nitrogen and oxygen atoms in total. The Morgan fingerprint density at radius 2 is 1.75 bits per heavy atom. The number of hydrogen-bond acceptors (Lipinski definition) is 4. The average Bonchev–Trinajstić information content (AvgIpc) is 3.32. The lowest BCUT2D eigenvalue weighted by molar-refractivity contribution is -0.120. The van der Waals surface area contributed by atoms with Crippen molar-refractivity contribution >= 4 is 41.8 Å². The van der Waals surface area contributed by atoms with Crippen LogP contribution in [-0.2, 0) is 11.2 Å². The molecule has 10 heteroatoms. The second-order valence-electron chi connectivity index (χ2n) is 7.15. The third-order valence-electron chi connectivity index (χ3n) is 4.91. The standard InChI is InChI=1S/C22H28FN5O3.HI/c1-2-24-22(26-10-9-25-20(29)16-17-5-7-18(23)8-6-17)28-13-11-27(12-14-28)21(30)19-4-3-15-31-19;/h3-8,15H,2,9-14,16H2,1H3,(H,24,26)(H,25,29);1H. The van der Waals surface area contributed by atoms with Crippen molar-refractivity contribution < 1.29 is 18.4 Å². The van der Waals surface area contributed by atoms with Crippen LogP contribution in [0.15, 0.2) is 52.1 Å². The molecule has 0 spiro atoms. The molecule has 0 atom stereocenters. The number of rotatable bonds is 7. The van der Waals surface area contributed by atoms with Gasteiger partial charge in [0.25, 0.3) is 5.91 Å². The molecule has 1 aromatic carbocycles. The van der Waals surface area contributed by atoms with Gasteiger partial charge >= 0.3 is 0 Å². The van der Waals surface area contributed by atoms with Gasteiger partial charge in [-0.2, -0.15) is 0 Å². The zero-order valence-corrected chi connectivity index (χ0v) is 20.4. The predicted molar refractivity (Wildman–Crippen MR) is 131 cm³/mol. The second kappa shape index (κ2) is 13.0. The minimum atomic E-state index is -0.319. The van der Waals surface area contributed by atoms with Crippen molar-refractivity contribution in [3.8, 4) is 0 Å². The Bertz CT molecular complexity index is 881. The maximum Gasteiger partial charge on any atom is 0.289 e. The van der Waals surface area contributed by atoms with Gasteiger partial charge in [0.1, 0.15) is 5.82 Å². The van der Waals surface area contributed by atoms with E-state index in [-0.39, 0.29) is 48.0 Å². The lowest BCUT2D eigenvalue weighted by atomic mass is 10.1. The van der Waals surface area contributed by atoms with Gasteiger partial charge in [-0.3, -0.25) is 14.6 Å². The van der Waals surface area contributed by atoms with E-state index in [0.717, 1.165) is 18.1 Å². The number of guanidine groups is 1. The lowest BCUT2D eigenvalue weighted by Gasteiger charge is -2.36. The Hall–Kier alpha value is -2.63. The average molecular weight is 557 g/mol. The molecule has 3 rings (SSSR count). The van der Waals surface area contributed by atoms with Crippen molar-refractivity contribution in [2.75, 3.05) is 45.8 Å². The minimum Gasteiger partial charge on any atom is -0.459 e. The molecule has 0 bridgehead atoms. The van der Waals surface area contributed by atoms with Gasteiger partial charge in [0, 0.05) is 39.3 Å². The molecule has 2 aromatic rings. The second-order valence-corrected chi connectivity index (χ2v) is 7.15. The molecular weight excluding hydrogens is 528 g/mol. The van der Waals surface area contributed by atoms with Gasteiger partial charge in [0.2, 0.25) is 5.91 Å². The number of amides is 2. The van der Waals surface area contributed by atoms with Crippen LogP contribution in [0, 0.1) is 5.82 Å². The fourth-order valence-electron chi connectivity index (χ4n) is 3.31. The fourth-order valence-corrected chi connectivity index (χ4v) is 3.31. The third kappa shape index (κ3) is 7.50. The normalized spacial score (nSPS) is 14.0. The van der Waals surface area contributed by atoms with Gasteiger partial charge in [-0.05, 0) is 36.8 Å². The van der Waals surface area contributed by atoms with Crippen LogP contribution in [0.2, 0.25) is 0 Å².